The maximum Gasteiger partial charge on any atom is 0.254 e. The molecule has 7 rings (SSSR count). The van der Waals surface area contributed by atoms with Gasteiger partial charge in [-0.15, -0.1) is 0 Å². The number of halogens is 1. The van der Waals surface area contributed by atoms with Crippen LogP contribution in [0.1, 0.15) is 99.4 Å². The zero-order valence-corrected chi connectivity index (χ0v) is 28.8. The van der Waals surface area contributed by atoms with E-state index in [1.165, 1.54) is 32.1 Å². The van der Waals surface area contributed by atoms with Gasteiger partial charge in [0.15, 0.2) is 11.5 Å². The number of anilines is 3. The second-order valence-corrected chi connectivity index (χ2v) is 13.7. The number of methoxy groups -OCH3 is 1. The molecule has 1 aliphatic carbocycles. The molecule has 0 bridgehead atoms. The Bertz CT molecular complexity index is 1700. The zero-order valence-electron chi connectivity index (χ0n) is 28.8. The first-order chi connectivity index (χ1) is 23.9. The highest BCUT2D eigenvalue weighted by molar-refractivity contribution is 5.96. The molecule has 2 saturated heterocycles. The highest BCUT2D eigenvalue weighted by Gasteiger charge is 2.39. The molecule has 2 aromatic heterocycles. The molecule has 1 saturated carbocycles. The number of nitriles is 1. The summed E-state index contributed by atoms with van der Waals surface area (Å²) in [4.78, 5) is 34.7. The molecule has 1 atom stereocenters. The van der Waals surface area contributed by atoms with Crippen LogP contribution >= 0.6 is 0 Å². The molecule has 3 aliphatic heterocycles. The van der Waals surface area contributed by atoms with E-state index in [1.54, 1.807) is 12.5 Å². The summed E-state index contributed by atoms with van der Waals surface area (Å²) in [6.45, 7) is 9.62. The van der Waals surface area contributed by atoms with Gasteiger partial charge in [-0.3, -0.25) is 9.36 Å². The minimum Gasteiger partial charge on any atom is -0.495 e. The van der Waals surface area contributed by atoms with E-state index in [1.807, 2.05) is 4.57 Å². The lowest BCUT2D eigenvalue weighted by Gasteiger charge is -2.41. The zero-order chi connectivity index (χ0) is 34.1. The van der Waals surface area contributed by atoms with Crippen LogP contribution < -0.4 is 20.3 Å². The number of hydrogen-bond donors (Lipinski definition) is 2. The molecule has 1 amide bonds. The number of benzene rings is 1. The smallest absolute Gasteiger partial charge is 0.254 e. The van der Waals surface area contributed by atoms with E-state index in [9.17, 15) is 10.1 Å². The third-order valence-electron chi connectivity index (χ3n) is 11.1. The monoisotopic (exact) mass is 670 g/mol. The quantitative estimate of drug-likeness (QED) is 0.309. The Labute approximate surface area is 287 Å². The standard InChI is InChI=1S/C36H47FN10O2/c1-4-30-33-29(20-38)40-22-46(33)31-21-39-36(43-34(31)47(30)25-8-6-7-9-25)42-28-19-27(37)26(18-32(28)49-3)35(48)41-23-10-16-45(17-11-23)24-12-14-44(5-2)15-13-24/h18-19,21-25,30H,4-17H2,1-3H3,(H,41,48)(H,39,42,43)/t30-/m1/s1. The Balaban J connectivity index is 1.07. The molecule has 1 aromatic carbocycles. The van der Waals surface area contributed by atoms with Gasteiger partial charge in [0, 0.05) is 37.3 Å². The van der Waals surface area contributed by atoms with Crippen molar-refractivity contribution in [2.75, 3.05) is 50.1 Å². The summed E-state index contributed by atoms with van der Waals surface area (Å²) in [6, 6.07) is 5.81. The number of likely N-dealkylation sites (tertiary alicyclic amines) is 2. The number of carbonyl (C=O) groups excluding carboxylic acids is 1. The highest BCUT2D eigenvalue weighted by atomic mass is 19.1. The molecular formula is C36H47FN10O2. The lowest BCUT2D eigenvalue weighted by Crippen LogP contribution is -2.51. The van der Waals surface area contributed by atoms with E-state index in [2.05, 4.69) is 55.2 Å². The molecule has 3 aromatic rings. The van der Waals surface area contributed by atoms with Gasteiger partial charge in [-0.1, -0.05) is 26.7 Å². The van der Waals surface area contributed by atoms with Crippen LogP contribution in [0.15, 0.2) is 24.7 Å². The van der Waals surface area contributed by atoms with Crippen molar-refractivity contribution in [3.63, 3.8) is 0 Å². The van der Waals surface area contributed by atoms with E-state index in [-0.39, 0.29) is 29.6 Å². The topological polar surface area (TPSA) is 127 Å². The van der Waals surface area contributed by atoms with Gasteiger partial charge in [-0.05, 0) is 70.6 Å². The summed E-state index contributed by atoms with van der Waals surface area (Å²) >= 11 is 0. The second-order valence-electron chi connectivity index (χ2n) is 13.7. The summed E-state index contributed by atoms with van der Waals surface area (Å²) in [6.07, 6.45) is 12.6. The van der Waals surface area contributed by atoms with Gasteiger partial charge in [0.25, 0.3) is 5.91 Å². The predicted octanol–water partition coefficient (Wildman–Crippen LogP) is 5.32. The van der Waals surface area contributed by atoms with Gasteiger partial charge in [0.05, 0.1) is 36.3 Å². The number of aromatic nitrogens is 4. The lowest BCUT2D eigenvalue weighted by atomic mass is 9.97. The Morgan fingerprint density at radius 3 is 2.47 bits per heavy atom. The third-order valence-corrected chi connectivity index (χ3v) is 11.1. The molecule has 260 valence electrons. The van der Waals surface area contributed by atoms with Crippen LogP contribution in [-0.4, -0.2) is 93.2 Å². The van der Waals surface area contributed by atoms with Gasteiger partial charge < -0.3 is 30.1 Å². The molecule has 2 N–H and O–H groups in total. The molecule has 12 nitrogen and oxygen atoms in total. The minimum atomic E-state index is -0.649. The van der Waals surface area contributed by atoms with Crippen LogP contribution in [0, 0.1) is 17.1 Å². The Morgan fingerprint density at radius 2 is 1.80 bits per heavy atom. The van der Waals surface area contributed by atoms with Crippen LogP contribution in [0.2, 0.25) is 0 Å². The number of nitrogens with zero attached hydrogens (tertiary/aromatic N) is 8. The number of nitrogens with one attached hydrogen (secondary N) is 2. The van der Waals surface area contributed by atoms with Crippen molar-refractivity contribution in [1.29, 1.82) is 5.26 Å². The fourth-order valence-corrected chi connectivity index (χ4v) is 8.41. The van der Waals surface area contributed by atoms with E-state index in [0.717, 1.165) is 94.9 Å². The van der Waals surface area contributed by atoms with Crippen molar-refractivity contribution in [3.8, 4) is 17.5 Å². The number of piperidine rings is 2. The highest BCUT2D eigenvalue weighted by Crippen LogP contribution is 2.44. The van der Waals surface area contributed by atoms with Crippen LogP contribution in [0.25, 0.3) is 5.69 Å². The van der Waals surface area contributed by atoms with Crippen molar-refractivity contribution in [2.45, 2.75) is 95.8 Å². The second kappa shape index (κ2) is 14.3. The van der Waals surface area contributed by atoms with Gasteiger partial charge in [-0.25, -0.2) is 14.4 Å². The van der Waals surface area contributed by atoms with E-state index < -0.39 is 11.7 Å². The first-order valence-corrected chi connectivity index (χ1v) is 18.0. The summed E-state index contributed by atoms with van der Waals surface area (Å²) in [7, 11) is 1.50. The number of amides is 1. The van der Waals surface area contributed by atoms with Crippen molar-refractivity contribution < 1.29 is 13.9 Å². The molecule has 13 heteroatoms. The van der Waals surface area contributed by atoms with Crippen LogP contribution in [0.4, 0.5) is 21.8 Å². The summed E-state index contributed by atoms with van der Waals surface area (Å²) in [5.41, 5.74) is 2.31. The predicted molar refractivity (Wildman–Crippen MR) is 185 cm³/mol. The SMILES string of the molecule is CC[C@@H]1c2c(C#N)ncn2-c2cnc(Nc3cc(F)c(C(=O)NC4CCN(C5CCN(CC)CC5)CC4)cc3OC)nc2N1C1CCCC1. The van der Waals surface area contributed by atoms with Crippen molar-refractivity contribution in [1.82, 2.24) is 34.6 Å². The molecule has 5 heterocycles. The summed E-state index contributed by atoms with van der Waals surface area (Å²) in [5.74, 6) is 0.259. The number of carbonyl (C=O) groups is 1. The lowest BCUT2D eigenvalue weighted by molar-refractivity contribution is 0.0774. The van der Waals surface area contributed by atoms with Crippen LogP contribution in [0.5, 0.6) is 5.75 Å². The van der Waals surface area contributed by atoms with Crippen molar-refractivity contribution >= 4 is 23.4 Å². The van der Waals surface area contributed by atoms with E-state index in [4.69, 9.17) is 9.72 Å². The van der Waals surface area contributed by atoms with Crippen molar-refractivity contribution in [2.24, 2.45) is 0 Å². The largest absolute Gasteiger partial charge is 0.495 e. The number of imidazole rings is 1. The normalized spacial score (nSPS) is 20.9. The maximum absolute atomic E-state index is 15.6. The Morgan fingerprint density at radius 1 is 1.04 bits per heavy atom. The van der Waals surface area contributed by atoms with Gasteiger partial charge in [-0.2, -0.15) is 10.2 Å². The average Bonchev–Trinajstić information content (AvgIpc) is 3.82. The van der Waals surface area contributed by atoms with Gasteiger partial charge in [0.2, 0.25) is 5.95 Å². The van der Waals surface area contributed by atoms with Crippen LogP contribution in [0.3, 0.4) is 0 Å². The van der Waals surface area contributed by atoms with Crippen LogP contribution in [-0.2, 0) is 0 Å². The average molecular weight is 671 g/mol. The minimum absolute atomic E-state index is 0.00147. The first-order valence-electron chi connectivity index (χ1n) is 18.0. The Hall–Kier alpha value is -4.28. The van der Waals surface area contributed by atoms with Gasteiger partial charge >= 0.3 is 0 Å². The number of rotatable bonds is 9. The fraction of sp³-hybridized carbons (Fsp3) is 0.583. The molecule has 4 aliphatic rings. The summed E-state index contributed by atoms with van der Waals surface area (Å²) in [5, 5.41) is 16.1. The number of fused-ring (bicyclic) bond motifs is 3. The molecule has 0 unspecified atom stereocenters. The fourth-order valence-electron chi connectivity index (χ4n) is 8.41. The molecule has 3 fully saturated rings. The first kappa shape index (κ1) is 33.2. The molecule has 0 radical (unpaired) electrons. The van der Waals surface area contributed by atoms with Crippen molar-refractivity contribution in [3.05, 3.63) is 47.4 Å². The molecule has 49 heavy (non-hydrogen) atoms. The van der Waals surface area contributed by atoms with E-state index in [0.29, 0.717) is 23.2 Å². The summed E-state index contributed by atoms with van der Waals surface area (Å²) < 4.78 is 23.2. The third kappa shape index (κ3) is 6.44. The molecular weight excluding hydrogens is 623 g/mol. The number of hydrogen-bond acceptors (Lipinski definition) is 10. The number of ether oxygens (including phenoxy) is 1. The maximum atomic E-state index is 15.6. The molecule has 0 spiro atoms. The van der Waals surface area contributed by atoms with E-state index >= 15 is 4.39 Å². The van der Waals surface area contributed by atoms with Gasteiger partial charge in [0.1, 0.15) is 29.7 Å². The Kier molecular flexibility index (Phi) is 9.69.